The van der Waals surface area contributed by atoms with E-state index in [1.54, 1.807) is 7.11 Å². The van der Waals surface area contributed by atoms with E-state index < -0.39 is 5.91 Å². The van der Waals surface area contributed by atoms with E-state index >= 15 is 0 Å². The van der Waals surface area contributed by atoms with E-state index in [0.717, 1.165) is 16.4 Å². The van der Waals surface area contributed by atoms with E-state index in [2.05, 4.69) is 15.5 Å². The number of halogens is 1. The quantitative estimate of drug-likeness (QED) is 0.816. The molecule has 0 unspecified atom stereocenters. The Balaban J connectivity index is 2.09. The zero-order chi connectivity index (χ0) is 16.8. The lowest BCUT2D eigenvalue weighted by Crippen LogP contribution is -2.26. The van der Waals surface area contributed by atoms with Crippen molar-refractivity contribution in [3.63, 3.8) is 0 Å². The summed E-state index contributed by atoms with van der Waals surface area (Å²) in [6.07, 6.45) is 0. The lowest BCUT2D eigenvalue weighted by Gasteiger charge is -2.14. The lowest BCUT2D eigenvalue weighted by molar-refractivity contribution is -0.0757. The van der Waals surface area contributed by atoms with Gasteiger partial charge in [0.1, 0.15) is 11.6 Å². The third-order valence-corrected chi connectivity index (χ3v) is 3.45. The second-order valence-corrected chi connectivity index (χ2v) is 4.98. The van der Waals surface area contributed by atoms with Crippen molar-refractivity contribution in [2.24, 2.45) is 0 Å². The minimum Gasteiger partial charge on any atom is -0.497 e. The smallest absolute Gasteiger partial charge is 0.280 e. The standard InChI is InChI=1S/C15H17ClN4O3/c1-20(23-3)15(21)12-8-13(18-19-14(12)16)17-9-10-4-6-11(22-2)7-5-10/h4-8H,9H2,1-3H3,(H,17,18). The molecule has 0 aliphatic rings. The summed E-state index contributed by atoms with van der Waals surface area (Å²) in [7, 11) is 4.50. The topological polar surface area (TPSA) is 76.6 Å². The molecule has 0 bridgehead atoms. The molecule has 0 saturated heterocycles. The van der Waals surface area contributed by atoms with E-state index in [0.29, 0.717) is 12.4 Å². The molecule has 2 rings (SSSR count). The van der Waals surface area contributed by atoms with Crippen LogP contribution in [0.25, 0.3) is 0 Å². The molecule has 0 saturated carbocycles. The summed E-state index contributed by atoms with van der Waals surface area (Å²) in [6.45, 7) is 0.522. The van der Waals surface area contributed by atoms with E-state index in [1.165, 1.54) is 20.2 Å². The maximum absolute atomic E-state index is 12.1. The van der Waals surface area contributed by atoms with Gasteiger partial charge in [-0.3, -0.25) is 9.63 Å². The molecule has 0 radical (unpaired) electrons. The molecule has 1 amide bonds. The summed E-state index contributed by atoms with van der Waals surface area (Å²) < 4.78 is 5.11. The molecule has 0 spiro atoms. The number of rotatable bonds is 6. The molecule has 1 heterocycles. The van der Waals surface area contributed by atoms with Crippen molar-refractivity contribution in [3.05, 3.63) is 46.6 Å². The first-order chi connectivity index (χ1) is 11.0. The highest BCUT2D eigenvalue weighted by molar-refractivity contribution is 6.32. The van der Waals surface area contributed by atoms with Gasteiger partial charge in [0.15, 0.2) is 5.15 Å². The first-order valence-electron chi connectivity index (χ1n) is 6.77. The molecule has 0 aliphatic carbocycles. The number of methoxy groups -OCH3 is 1. The number of ether oxygens (including phenoxy) is 1. The fourth-order valence-corrected chi connectivity index (χ4v) is 1.97. The number of carbonyl (C=O) groups is 1. The van der Waals surface area contributed by atoms with Gasteiger partial charge in [-0.1, -0.05) is 23.7 Å². The molecule has 122 valence electrons. The second-order valence-electron chi connectivity index (χ2n) is 4.62. The van der Waals surface area contributed by atoms with Gasteiger partial charge in [-0.2, -0.15) is 0 Å². The Hall–Kier alpha value is -2.38. The van der Waals surface area contributed by atoms with E-state index in [1.807, 2.05) is 24.3 Å². The fourth-order valence-electron chi connectivity index (χ4n) is 1.80. The SMILES string of the molecule is COc1ccc(CNc2cc(C(=O)N(C)OC)c(Cl)nn2)cc1. The largest absolute Gasteiger partial charge is 0.497 e. The summed E-state index contributed by atoms with van der Waals surface area (Å²) in [5.74, 6) is 0.827. The second kappa shape index (κ2) is 7.75. The highest BCUT2D eigenvalue weighted by Gasteiger charge is 2.17. The van der Waals surface area contributed by atoms with Crippen LogP contribution >= 0.6 is 11.6 Å². The van der Waals surface area contributed by atoms with Crippen molar-refractivity contribution in [2.45, 2.75) is 6.54 Å². The van der Waals surface area contributed by atoms with Crippen LogP contribution < -0.4 is 10.1 Å². The van der Waals surface area contributed by atoms with Crippen molar-refractivity contribution in [1.82, 2.24) is 15.3 Å². The number of hydroxylamine groups is 2. The number of hydrogen-bond donors (Lipinski definition) is 1. The molecule has 1 aromatic heterocycles. The summed E-state index contributed by atoms with van der Waals surface area (Å²) in [5, 5.41) is 11.9. The van der Waals surface area contributed by atoms with Crippen molar-refractivity contribution >= 4 is 23.3 Å². The minimum absolute atomic E-state index is 0.0221. The molecule has 0 aliphatic heterocycles. The number of carbonyl (C=O) groups excluding carboxylic acids is 1. The zero-order valence-electron chi connectivity index (χ0n) is 13.0. The van der Waals surface area contributed by atoms with Crippen LogP contribution in [-0.4, -0.2) is 42.4 Å². The van der Waals surface area contributed by atoms with Crippen LogP contribution in [-0.2, 0) is 11.4 Å². The molecule has 23 heavy (non-hydrogen) atoms. The fraction of sp³-hybridized carbons (Fsp3) is 0.267. The predicted octanol–water partition coefficient (Wildman–Crippen LogP) is 2.38. The summed E-state index contributed by atoms with van der Waals surface area (Å²) in [5.41, 5.74) is 1.24. The molecular weight excluding hydrogens is 320 g/mol. The van der Waals surface area contributed by atoms with Gasteiger partial charge in [0.05, 0.1) is 19.8 Å². The van der Waals surface area contributed by atoms with Gasteiger partial charge >= 0.3 is 0 Å². The number of benzene rings is 1. The number of nitrogens with zero attached hydrogens (tertiary/aromatic N) is 3. The molecule has 7 nitrogen and oxygen atoms in total. The van der Waals surface area contributed by atoms with Crippen molar-refractivity contribution in [1.29, 1.82) is 0 Å². The Bertz CT molecular complexity index is 679. The van der Waals surface area contributed by atoms with Gasteiger partial charge in [-0.05, 0) is 23.8 Å². The van der Waals surface area contributed by atoms with E-state index in [-0.39, 0.29) is 10.7 Å². The summed E-state index contributed by atoms with van der Waals surface area (Å²) >= 11 is 5.92. The molecule has 2 aromatic rings. The Morgan fingerprint density at radius 1 is 1.26 bits per heavy atom. The number of aromatic nitrogens is 2. The number of nitrogens with one attached hydrogen (secondary N) is 1. The predicted molar refractivity (Wildman–Crippen MR) is 86.5 cm³/mol. The normalized spacial score (nSPS) is 10.3. The molecule has 0 fully saturated rings. The van der Waals surface area contributed by atoms with E-state index in [4.69, 9.17) is 21.2 Å². The van der Waals surface area contributed by atoms with Gasteiger partial charge in [0.25, 0.3) is 5.91 Å². The minimum atomic E-state index is -0.403. The van der Waals surface area contributed by atoms with Gasteiger partial charge in [-0.25, -0.2) is 5.06 Å². The average molecular weight is 337 g/mol. The first-order valence-corrected chi connectivity index (χ1v) is 7.15. The average Bonchev–Trinajstić information content (AvgIpc) is 2.60. The van der Waals surface area contributed by atoms with Crippen LogP contribution in [0, 0.1) is 0 Å². The maximum atomic E-state index is 12.1. The van der Waals surface area contributed by atoms with Crippen molar-refractivity contribution in [3.8, 4) is 5.75 Å². The molecular formula is C15H17ClN4O3. The Kier molecular flexibility index (Phi) is 5.72. The lowest BCUT2D eigenvalue weighted by atomic mass is 10.2. The Labute approximate surface area is 139 Å². The number of amides is 1. The van der Waals surface area contributed by atoms with Gasteiger partial charge in [-0.15, -0.1) is 10.2 Å². The van der Waals surface area contributed by atoms with Gasteiger partial charge in [0.2, 0.25) is 0 Å². The van der Waals surface area contributed by atoms with Gasteiger partial charge in [0, 0.05) is 13.6 Å². The van der Waals surface area contributed by atoms with Gasteiger partial charge < -0.3 is 10.1 Å². The molecule has 1 aromatic carbocycles. The van der Waals surface area contributed by atoms with Crippen LogP contribution in [0.3, 0.4) is 0 Å². The molecule has 1 N–H and O–H groups in total. The van der Waals surface area contributed by atoms with E-state index in [9.17, 15) is 4.79 Å². The van der Waals surface area contributed by atoms with Crippen LogP contribution in [0.5, 0.6) is 5.75 Å². The highest BCUT2D eigenvalue weighted by Crippen LogP contribution is 2.18. The number of anilines is 1. The van der Waals surface area contributed by atoms with Crippen LogP contribution in [0.4, 0.5) is 5.82 Å². The van der Waals surface area contributed by atoms with Crippen LogP contribution in [0.15, 0.2) is 30.3 Å². The molecule has 0 atom stereocenters. The summed E-state index contributed by atoms with van der Waals surface area (Å²) in [4.78, 5) is 17.0. The van der Waals surface area contributed by atoms with Crippen molar-refractivity contribution < 1.29 is 14.4 Å². The van der Waals surface area contributed by atoms with Crippen LogP contribution in [0.1, 0.15) is 15.9 Å². The monoisotopic (exact) mass is 336 g/mol. The van der Waals surface area contributed by atoms with Crippen LogP contribution in [0.2, 0.25) is 5.15 Å². The highest BCUT2D eigenvalue weighted by atomic mass is 35.5. The van der Waals surface area contributed by atoms with Crippen molar-refractivity contribution in [2.75, 3.05) is 26.6 Å². The third kappa shape index (κ3) is 4.30. The third-order valence-electron chi connectivity index (χ3n) is 3.17. The Morgan fingerprint density at radius 3 is 2.57 bits per heavy atom. The first kappa shape index (κ1) is 17.0. The maximum Gasteiger partial charge on any atom is 0.280 e. The summed E-state index contributed by atoms with van der Waals surface area (Å²) in [6, 6.07) is 9.14. The Morgan fingerprint density at radius 2 is 1.96 bits per heavy atom. The molecule has 8 heteroatoms. The number of hydrogen-bond acceptors (Lipinski definition) is 6. The zero-order valence-corrected chi connectivity index (χ0v) is 13.8.